The summed E-state index contributed by atoms with van der Waals surface area (Å²) >= 11 is 0. The third kappa shape index (κ3) is 5.24. The van der Waals surface area contributed by atoms with Crippen molar-refractivity contribution in [3.05, 3.63) is 29.8 Å². The number of hydrogen-bond donors (Lipinski definition) is 3. The summed E-state index contributed by atoms with van der Waals surface area (Å²) in [6.45, 7) is 3.88. The van der Waals surface area contributed by atoms with Crippen LogP contribution in [-0.4, -0.2) is 40.5 Å². The van der Waals surface area contributed by atoms with Crippen LogP contribution in [0.5, 0.6) is 0 Å². The fourth-order valence-electron chi connectivity index (χ4n) is 1.65. The van der Waals surface area contributed by atoms with Crippen LogP contribution in [-0.2, 0) is 4.79 Å². The number of rotatable bonds is 6. The summed E-state index contributed by atoms with van der Waals surface area (Å²) in [5.74, 6) is -0.716. The molecule has 1 aromatic carbocycles. The third-order valence-corrected chi connectivity index (χ3v) is 2.59. The molecular weight excluding hydrogens is 245 g/mol. The van der Waals surface area contributed by atoms with Crippen molar-refractivity contribution in [2.45, 2.75) is 26.3 Å². The van der Waals surface area contributed by atoms with Crippen LogP contribution < -0.4 is 5.46 Å². The van der Waals surface area contributed by atoms with E-state index in [1.807, 2.05) is 13.8 Å². The van der Waals surface area contributed by atoms with Gasteiger partial charge >= 0.3 is 13.1 Å². The Kier molecular flexibility index (Phi) is 5.72. The molecule has 102 valence electrons. The molecule has 0 saturated carbocycles. The molecular formula is C13H18BNO4. The number of benzene rings is 1. The Balaban J connectivity index is 2.83. The van der Waals surface area contributed by atoms with Crippen molar-refractivity contribution in [2.75, 3.05) is 0 Å². The minimum absolute atomic E-state index is 0.240. The molecule has 19 heavy (non-hydrogen) atoms. The summed E-state index contributed by atoms with van der Waals surface area (Å²) in [7, 11) is -1.54. The van der Waals surface area contributed by atoms with E-state index in [2.05, 4.69) is 4.99 Å². The van der Waals surface area contributed by atoms with E-state index in [1.54, 1.807) is 24.3 Å². The van der Waals surface area contributed by atoms with Crippen molar-refractivity contribution in [2.24, 2.45) is 10.9 Å². The minimum Gasteiger partial charge on any atom is -0.480 e. The summed E-state index contributed by atoms with van der Waals surface area (Å²) in [6.07, 6.45) is 1.92. The Hall–Kier alpha value is -1.66. The lowest BCUT2D eigenvalue weighted by Crippen LogP contribution is -2.29. The van der Waals surface area contributed by atoms with E-state index in [4.69, 9.17) is 15.2 Å². The highest BCUT2D eigenvalue weighted by atomic mass is 16.4. The van der Waals surface area contributed by atoms with Gasteiger partial charge in [0.2, 0.25) is 0 Å². The highest BCUT2D eigenvalue weighted by Crippen LogP contribution is 2.08. The second-order valence-corrected chi connectivity index (χ2v) is 4.81. The Morgan fingerprint density at radius 2 is 2.11 bits per heavy atom. The summed E-state index contributed by atoms with van der Waals surface area (Å²) in [6, 6.07) is 5.74. The SMILES string of the molecule is CC(C)CC(N=Cc1cccc(B(O)O)c1)C(=O)O. The van der Waals surface area contributed by atoms with Crippen molar-refractivity contribution < 1.29 is 19.9 Å². The van der Waals surface area contributed by atoms with Crippen molar-refractivity contribution in [1.82, 2.24) is 0 Å². The predicted octanol–water partition coefficient (Wildman–Crippen LogP) is 0.285. The fraction of sp³-hybridized carbons (Fsp3) is 0.385. The van der Waals surface area contributed by atoms with Crippen LogP contribution in [0.15, 0.2) is 29.3 Å². The number of carbonyl (C=O) groups is 1. The van der Waals surface area contributed by atoms with Gasteiger partial charge in [0.25, 0.3) is 0 Å². The van der Waals surface area contributed by atoms with Crippen LogP contribution in [0.1, 0.15) is 25.8 Å². The Labute approximate surface area is 112 Å². The molecule has 0 spiro atoms. The monoisotopic (exact) mass is 263 g/mol. The lowest BCUT2D eigenvalue weighted by Gasteiger charge is -2.09. The zero-order valence-electron chi connectivity index (χ0n) is 11.0. The lowest BCUT2D eigenvalue weighted by atomic mass is 9.80. The van der Waals surface area contributed by atoms with Crippen molar-refractivity contribution in [3.63, 3.8) is 0 Å². The lowest BCUT2D eigenvalue weighted by molar-refractivity contribution is -0.138. The average Bonchev–Trinajstić information content (AvgIpc) is 2.34. The van der Waals surface area contributed by atoms with Gasteiger partial charge in [-0.05, 0) is 23.4 Å². The van der Waals surface area contributed by atoms with Crippen molar-refractivity contribution in [1.29, 1.82) is 0 Å². The molecule has 0 amide bonds. The highest BCUT2D eigenvalue weighted by molar-refractivity contribution is 6.58. The summed E-state index contributed by atoms with van der Waals surface area (Å²) in [5, 5.41) is 27.1. The molecule has 0 heterocycles. The Morgan fingerprint density at radius 3 is 2.63 bits per heavy atom. The van der Waals surface area contributed by atoms with Gasteiger partial charge in [-0.25, -0.2) is 4.79 Å². The largest absolute Gasteiger partial charge is 0.488 e. The van der Waals surface area contributed by atoms with Crippen LogP contribution in [0.2, 0.25) is 0 Å². The second kappa shape index (κ2) is 7.06. The van der Waals surface area contributed by atoms with Gasteiger partial charge in [-0.1, -0.05) is 38.1 Å². The maximum Gasteiger partial charge on any atom is 0.488 e. The van der Waals surface area contributed by atoms with Crippen LogP contribution in [0, 0.1) is 5.92 Å². The van der Waals surface area contributed by atoms with Crippen LogP contribution >= 0.6 is 0 Å². The predicted molar refractivity (Wildman–Crippen MR) is 74.7 cm³/mol. The zero-order chi connectivity index (χ0) is 14.4. The third-order valence-electron chi connectivity index (χ3n) is 2.59. The van der Waals surface area contributed by atoms with Crippen molar-refractivity contribution in [3.8, 4) is 0 Å². The molecule has 0 aliphatic rings. The maximum absolute atomic E-state index is 11.0. The van der Waals surface area contributed by atoms with Gasteiger partial charge < -0.3 is 15.2 Å². The molecule has 0 saturated heterocycles. The normalized spacial score (nSPS) is 12.9. The molecule has 3 N–H and O–H groups in total. The van der Waals surface area contributed by atoms with Gasteiger partial charge in [0.1, 0.15) is 6.04 Å². The minimum atomic E-state index is -1.54. The van der Waals surface area contributed by atoms with Crippen molar-refractivity contribution >= 4 is 24.8 Å². The van der Waals surface area contributed by atoms with Gasteiger partial charge in [0.05, 0.1) is 0 Å². The molecule has 1 atom stereocenters. The molecule has 0 bridgehead atoms. The average molecular weight is 263 g/mol. The first kappa shape index (κ1) is 15.4. The molecule has 0 aliphatic carbocycles. The number of nitrogens with zero attached hydrogens (tertiary/aromatic N) is 1. The molecule has 0 radical (unpaired) electrons. The summed E-state index contributed by atoms with van der Waals surface area (Å²) in [4.78, 5) is 15.1. The zero-order valence-corrected chi connectivity index (χ0v) is 11.0. The van der Waals surface area contributed by atoms with Gasteiger partial charge in [-0.3, -0.25) is 4.99 Å². The topological polar surface area (TPSA) is 90.1 Å². The van der Waals surface area contributed by atoms with Gasteiger partial charge in [0, 0.05) is 6.21 Å². The first-order valence-corrected chi connectivity index (χ1v) is 6.12. The Bertz CT molecular complexity index is 460. The molecule has 0 aromatic heterocycles. The molecule has 1 rings (SSSR count). The molecule has 5 nitrogen and oxygen atoms in total. The Morgan fingerprint density at radius 1 is 1.42 bits per heavy atom. The van der Waals surface area contributed by atoms with E-state index in [1.165, 1.54) is 6.21 Å². The second-order valence-electron chi connectivity index (χ2n) is 4.81. The van der Waals surface area contributed by atoms with E-state index in [9.17, 15) is 4.79 Å². The maximum atomic E-state index is 11.0. The van der Waals surface area contributed by atoms with Crippen LogP contribution in [0.25, 0.3) is 0 Å². The molecule has 1 aromatic rings. The van der Waals surface area contributed by atoms with Crippen LogP contribution in [0.3, 0.4) is 0 Å². The number of carboxylic acid groups (broad SMARTS) is 1. The van der Waals surface area contributed by atoms with Crippen LogP contribution in [0.4, 0.5) is 0 Å². The van der Waals surface area contributed by atoms with Gasteiger partial charge in [-0.15, -0.1) is 0 Å². The van der Waals surface area contributed by atoms with E-state index in [0.29, 0.717) is 17.4 Å². The van der Waals surface area contributed by atoms with E-state index in [0.717, 1.165) is 0 Å². The standard InChI is InChI=1S/C13H18BNO4/c1-9(2)6-12(13(16)17)15-8-10-4-3-5-11(7-10)14(18)19/h3-5,7-9,12,18-19H,6H2,1-2H3,(H,16,17). The molecule has 0 aliphatic heterocycles. The number of aliphatic imine (C=N–C) groups is 1. The fourth-order valence-corrected chi connectivity index (χ4v) is 1.65. The molecule has 0 fully saturated rings. The number of hydrogen-bond acceptors (Lipinski definition) is 4. The number of carboxylic acids is 1. The first-order valence-electron chi connectivity index (χ1n) is 6.12. The van der Waals surface area contributed by atoms with Gasteiger partial charge in [0.15, 0.2) is 0 Å². The van der Waals surface area contributed by atoms with E-state index in [-0.39, 0.29) is 5.92 Å². The molecule has 1 unspecified atom stereocenters. The quantitative estimate of drug-likeness (QED) is 0.508. The molecule has 6 heteroatoms. The van der Waals surface area contributed by atoms with Gasteiger partial charge in [-0.2, -0.15) is 0 Å². The van der Waals surface area contributed by atoms with E-state index < -0.39 is 19.1 Å². The smallest absolute Gasteiger partial charge is 0.480 e. The first-order chi connectivity index (χ1) is 8.90. The highest BCUT2D eigenvalue weighted by Gasteiger charge is 2.16. The van der Waals surface area contributed by atoms with E-state index >= 15 is 0 Å². The summed E-state index contributed by atoms with van der Waals surface area (Å²) < 4.78 is 0. The summed E-state index contributed by atoms with van der Waals surface area (Å²) in [5.41, 5.74) is 0.986. The number of aliphatic carboxylic acids is 1.